The van der Waals surface area contributed by atoms with Gasteiger partial charge in [-0.2, -0.15) is 4.31 Å². The Morgan fingerprint density at radius 1 is 1.03 bits per heavy atom. The summed E-state index contributed by atoms with van der Waals surface area (Å²) >= 11 is 0. The minimum atomic E-state index is -3.88. The molecule has 32 heavy (non-hydrogen) atoms. The van der Waals surface area contributed by atoms with Crippen LogP contribution in [0.1, 0.15) is 12.8 Å². The molecule has 2 aliphatic heterocycles. The van der Waals surface area contributed by atoms with Gasteiger partial charge in [-0.05, 0) is 37.0 Å². The lowest BCUT2D eigenvalue weighted by Gasteiger charge is -2.35. The van der Waals surface area contributed by atoms with Gasteiger partial charge >= 0.3 is 0 Å². The lowest BCUT2D eigenvalue weighted by molar-refractivity contribution is -0.385. The number of nitrogens with zero attached hydrogens (tertiary/aromatic N) is 3. The summed E-state index contributed by atoms with van der Waals surface area (Å²) in [6.07, 6.45) is 1.70. The number of non-ortho nitro benzene ring substituents is 1. The van der Waals surface area contributed by atoms with Gasteiger partial charge in [0.2, 0.25) is 10.0 Å². The summed E-state index contributed by atoms with van der Waals surface area (Å²) in [7, 11) is -3.88. The van der Waals surface area contributed by atoms with Gasteiger partial charge in [0.15, 0.2) is 0 Å². The first-order chi connectivity index (χ1) is 15.4. The number of hydrogen-bond donors (Lipinski definition) is 0. The molecule has 0 atom stereocenters. The van der Waals surface area contributed by atoms with Crippen molar-refractivity contribution in [2.75, 3.05) is 50.9 Å². The van der Waals surface area contributed by atoms with E-state index < -0.39 is 14.9 Å². The van der Waals surface area contributed by atoms with Crippen LogP contribution in [0.2, 0.25) is 0 Å². The first-order valence-electron chi connectivity index (χ1n) is 10.7. The van der Waals surface area contributed by atoms with E-state index >= 15 is 0 Å². The number of nitro benzene ring substituents is 1. The Balaban J connectivity index is 1.50. The zero-order valence-electron chi connectivity index (χ0n) is 17.8. The summed E-state index contributed by atoms with van der Waals surface area (Å²) in [4.78, 5) is 12.8. The van der Waals surface area contributed by atoms with Gasteiger partial charge < -0.3 is 14.4 Å². The van der Waals surface area contributed by atoms with Gasteiger partial charge in [-0.1, -0.05) is 18.2 Å². The van der Waals surface area contributed by atoms with Gasteiger partial charge in [-0.25, -0.2) is 8.42 Å². The number of nitro groups is 1. The van der Waals surface area contributed by atoms with Crippen LogP contribution in [-0.4, -0.2) is 63.6 Å². The fourth-order valence-corrected chi connectivity index (χ4v) is 5.72. The lowest BCUT2D eigenvalue weighted by atomic mass is 9.97. The molecule has 2 fully saturated rings. The molecule has 2 saturated heterocycles. The summed E-state index contributed by atoms with van der Waals surface area (Å²) in [6.45, 7) is 3.04. The average molecular weight is 462 g/mol. The third-order valence-corrected chi connectivity index (χ3v) is 7.85. The van der Waals surface area contributed by atoms with Crippen LogP contribution in [0.4, 0.5) is 11.4 Å². The Hall–Kier alpha value is -2.69. The molecule has 0 saturated carbocycles. The minimum Gasteiger partial charge on any atom is -0.493 e. The molecular weight excluding hydrogens is 434 g/mol. The summed E-state index contributed by atoms with van der Waals surface area (Å²) in [6, 6.07) is 13.8. The number of sulfonamides is 1. The normalized spacial score (nSPS) is 18.4. The van der Waals surface area contributed by atoms with Gasteiger partial charge in [-0.3, -0.25) is 10.1 Å². The SMILES string of the molecule is O=[N+]([O-])c1ccc(N2CCC(COc3ccccc3)CC2)c(S(=O)(=O)N2CCOCC2)c1. The predicted octanol–water partition coefficient (Wildman–Crippen LogP) is 2.91. The summed E-state index contributed by atoms with van der Waals surface area (Å²) < 4.78 is 39.2. The molecule has 4 rings (SSSR count). The summed E-state index contributed by atoms with van der Waals surface area (Å²) in [5.41, 5.74) is 0.288. The van der Waals surface area contributed by atoms with E-state index in [0.29, 0.717) is 44.5 Å². The van der Waals surface area contributed by atoms with Crippen LogP contribution in [-0.2, 0) is 14.8 Å². The van der Waals surface area contributed by atoms with Crippen molar-refractivity contribution in [2.45, 2.75) is 17.7 Å². The Morgan fingerprint density at radius 2 is 1.72 bits per heavy atom. The first-order valence-corrected chi connectivity index (χ1v) is 12.2. The maximum Gasteiger partial charge on any atom is 0.270 e. The van der Waals surface area contributed by atoms with Crippen molar-refractivity contribution in [1.29, 1.82) is 0 Å². The molecule has 0 aromatic heterocycles. The molecule has 2 heterocycles. The molecule has 0 N–H and O–H groups in total. The highest BCUT2D eigenvalue weighted by Gasteiger charge is 2.33. The van der Waals surface area contributed by atoms with Gasteiger partial charge in [0.1, 0.15) is 10.6 Å². The van der Waals surface area contributed by atoms with E-state index in [0.717, 1.165) is 18.6 Å². The van der Waals surface area contributed by atoms with Crippen LogP contribution in [0.15, 0.2) is 53.4 Å². The first kappa shape index (κ1) is 22.5. The molecular formula is C22H27N3O6S. The number of para-hydroxylation sites is 1. The van der Waals surface area contributed by atoms with E-state index in [2.05, 4.69) is 0 Å². The minimum absolute atomic E-state index is 0.00687. The fraction of sp³-hybridized carbons (Fsp3) is 0.455. The second kappa shape index (κ2) is 9.85. The monoisotopic (exact) mass is 461 g/mol. The molecule has 2 aliphatic rings. The smallest absolute Gasteiger partial charge is 0.270 e. The predicted molar refractivity (Wildman–Crippen MR) is 120 cm³/mol. The van der Waals surface area contributed by atoms with Crippen molar-refractivity contribution in [1.82, 2.24) is 4.31 Å². The maximum atomic E-state index is 13.4. The molecule has 0 radical (unpaired) electrons. The number of rotatable bonds is 7. The molecule has 0 spiro atoms. The molecule has 0 unspecified atom stereocenters. The summed E-state index contributed by atoms with van der Waals surface area (Å²) in [5.74, 6) is 1.20. The van der Waals surface area contributed by atoms with E-state index in [9.17, 15) is 18.5 Å². The van der Waals surface area contributed by atoms with E-state index in [1.807, 2.05) is 35.2 Å². The fourth-order valence-electron chi connectivity index (χ4n) is 4.08. The molecule has 2 aromatic rings. The van der Waals surface area contributed by atoms with Crippen LogP contribution in [0, 0.1) is 16.0 Å². The molecule has 10 heteroatoms. The standard InChI is InChI=1S/C22H27N3O6S/c26-25(27)19-6-7-21(22(16-19)32(28,29)24-12-14-30-15-13-24)23-10-8-18(9-11-23)17-31-20-4-2-1-3-5-20/h1-7,16,18H,8-15,17H2. The van der Waals surface area contributed by atoms with Gasteiger partial charge in [0.05, 0.1) is 30.4 Å². The highest BCUT2D eigenvalue weighted by atomic mass is 32.2. The number of ether oxygens (including phenoxy) is 2. The Bertz CT molecular complexity index is 1030. The molecule has 0 aliphatic carbocycles. The van der Waals surface area contributed by atoms with Crippen molar-refractivity contribution in [3.05, 3.63) is 58.6 Å². The number of benzene rings is 2. The van der Waals surface area contributed by atoms with E-state index in [4.69, 9.17) is 9.47 Å². The Kier molecular flexibility index (Phi) is 6.92. The third-order valence-electron chi connectivity index (χ3n) is 5.93. The van der Waals surface area contributed by atoms with Crippen LogP contribution in [0.25, 0.3) is 0 Å². The second-order valence-corrected chi connectivity index (χ2v) is 9.89. The zero-order chi connectivity index (χ0) is 22.6. The van der Waals surface area contributed by atoms with Crippen molar-refractivity contribution in [3.63, 3.8) is 0 Å². The van der Waals surface area contributed by atoms with Crippen LogP contribution < -0.4 is 9.64 Å². The Labute approximate surface area is 187 Å². The van der Waals surface area contributed by atoms with Crippen LogP contribution >= 0.6 is 0 Å². The number of anilines is 1. The average Bonchev–Trinajstić information content (AvgIpc) is 2.84. The van der Waals surface area contributed by atoms with E-state index in [1.165, 1.54) is 16.4 Å². The zero-order valence-corrected chi connectivity index (χ0v) is 18.6. The lowest BCUT2D eigenvalue weighted by Crippen LogP contribution is -2.42. The van der Waals surface area contributed by atoms with Crippen molar-refractivity contribution in [2.24, 2.45) is 5.92 Å². The van der Waals surface area contributed by atoms with Crippen molar-refractivity contribution in [3.8, 4) is 5.75 Å². The highest BCUT2D eigenvalue weighted by molar-refractivity contribution is 7.89. The number of hydrogen-bond acceptors (Lipinski definition) is 7. The van der Waals surface area contributed by atoms with E-state index in [1.54, 1.807) is 6.07 Å². The van der Waals surface area contributed by atoms with Crippen molar-refractivity contribution >= 4 is 21.4 Å². The molecule has 172 valence electrons. The number of morpholine rings is 1. The quantitative estimate of drug-likeness (QED) is 0.461. The molecule has 2 aromatic carbocycles. The van der Waals surface area contributed by atoms with Crippen LogP contribution in [0.3, 0.4) is 0 Å². The summed E-state index contributed by atoms with van der Waals surface area (Å²) in [5, 5.41) is 11.3. The third kappa shape index (κ3) is 5.03. The van der Waals surface area contributed by atoms with E-state index in [-0.39, 0.29) is 23.7 Å². The van der Waals surface area contributed by atoms with Crippen molar-refractivity contribution < 1.29 is 22.8 Å². The van der Waals surface area contributed by atoms with Crippen LogP contribution in [0.5, 0.6) is 5.75 Å². The highest BCUT2D eigenvalue weighted by Crippen LogP contribution is 2.34. The second-order valence-electron chi connectivity index (χ2n) is 7.98. The molecule has 9 nitrogen and oxygen atoms in total. The topological polar surface area (TPSA) is 102 Å². The molecule has 0 bridgehead atoms. The maximum absolute atomic E-state index is 13.4. The number of piperidine rings is 1. The largest absolute Gasteiger partial charge is 0.493 e. The van der Waals surface area contributed by atoms with Gasteiger partial charge in [-0.15, -0.1) is 0 Å². The van der Waals surface area contributed by atoms with Gasteiger partial charge in [0.25, 0.3) is 5.69 Å². The van der Waals surface area contributed by atoms with Gasteiger partial charge in [0, 0.05) is 38.3 Å². The molecule has 0 amide bonds. The Morgan fingerprint density at radius 3 is 2.38 bits per heavy atom.